The van der Waals surface area contributed by atoms with Gasteiger partial charge >= 0.3 is 0 Å². The predicted octanol–water partition coefficient (Wildman–Crippen LogP) is 4.03. The number of aryl methyl sites for hydroxylation is 1. The molecule has 2 aromatic carbocycles. The molecule has 0 atom stereocenters. The van der Waals surface area contributed by atoms with Gasteiger partial charge in [-0.15, -0.1) is 0 Å². The highest BCUT2D eigenvalue weighted by Gasteiger charge is 2.17. The van der Waals surface area contributed by atoms with Crippen LogP contribution in [0.4, 0.5) is 0 Å². The maximum absolute atomic E-state index is 12.7. The van der Waals surface area contributed by atoms with E-state index in [1.807, 2.05) is 43.3 Å². The number of carbonyl (C=O) groups excluding carboxylic acids is 1. The average Bonchev–Trinajstić information content (AvgIpc) is 3.10. The second-order valence-corrected chi connectivity index (χ2v) is 5.88. The van der Waals surface area contributed by atoms with Gasteiger partial charge in [-0.2, -0.15) is 0 Å². The number of hydrogen-bond donors (Lipinski definition) is 1. The van der Waals surface area contributed by atoms with Crippen molar-refractivity contribution in [3.8, 4) is 0 Å². The Morgan fingerprint density at radius 2 is 1.95 bits per heavy atom. The van der Waals surface area contributed by atoms with Crippen LogP contribution in [0.2, 0.25) is 0 Å². The topological polar surface area (TPSA) is 45.2 Å². The number of ketones is 1. The smallest absolute Gasteiger partial charge is 0.209 e. The van der Waals surface area contributed by atoms with Crippen LogP contribution in [0.5, 0.6) is 0 Å². The molecule has 0 radical (unpaired) electrons. The summed E-state index contributed by atoms with van der Waals surface area (Å²) in [5.41, 5.74) is 6.82. The number of fused-ring (bicyclic) bond motifs is 2. The molecule has 1 aliphatic heterocycles. The highest BCUT2D eigenvalue weighted by Crippen LogP contribution is 2.23. The SMILES string of the molecule is CC1=NCc2ccc(C(=O)c3cc4cc(C)ccc4[nH]3)cc21. The van der Waals surface area contributed by atoms with Gasteiger partial charge in [0.2, 0.25) is 5.78 Å². The van der Waals surface area contributed by atoms with Crippen molar-refractivity contribution < 1.29 is 4.79 Å². The Morgan fingerprint density at radius 1 is 1.09 bits per heavy atom. The summed E-state index contributed by atoms with van der Waals surface area (Å²) in [7, 11) is 0. The van der Waals surface area contributed by atoms with Crippen LogP contribution < -0.4 is 0 Å². The molecule has 3 heteroatoms. The fraction of sp³-hybridized carbons (Fsp3) is 0.158. The van der Waals surface area contributed by atoms with E-state index >= 15 is 0 Å². The van der Waals surface area contributed by atoms with Gasteiger partial charge in [-0.3, -0.25) is 9.79 Å². The van der Waals surface area contributed by atoms with Crippen molar-refractivity contribution >= 4 is 22.4 Å². The summed E-state index contributed by atoms with van der Waals surface area (Å²) in [6, 6.07) is 13.9. The van der Waals surface area contributed by atoms with Crippen LogP contribution in [0, 0.1) is 6.92 Å². The maximum Gasteiger partial charge on any atom is 0.209 e. The Balaban J connectivity index is 1.77. The van der Waals surface area contributed by atoms with E-state index in [-0.39, 0.29) is 5.78 Å². The summed E-state index contributed by atoms with van der Waals surface area (Å²) < 4.78 is 0. The molecule has 4 rings (SSSR count). The summed E-state index contributed by atoms with van der Waals surface area (Å²) in [6.45, 7) is 4.77. The van der Waals surface area contributed by atoms with Gasteiger partial charge in [-0.25, -0.2) is 0 Å². The third-order valence-corrected chi connectivity index (χ3v) is 4.27. The van der Waals surface area contributed by atoms with E-state index in [9.17, 15) is 4.79 Å². The van der Waals surface area contributed by atoms with Crippen LogP contribution in [-0.4, -0.2) is 16.5 Å². The van der Waals surface area contributed by atoms with Crippen molar-refractivity contribution in [2.24, 2.45) is 4.99 Å². The Hall–Kier alpha value is -2.68. The van der Waals surface area contributed by atoms with E-state index in [1.54, 1.807) is 0 Å². The Bertz CT molecular complexity index is 947. The molecule has 2 heterocycles. The second kappa shape index (κ2) is 4.67. The van der Waals surface area contributed by atoms with Crippen LogP contribution in [-0.2, 0) is 6.54 Å². The standard InChI is InChI=1S/C19H16N2O/c1-11-3-6-17-15(7-11)9-18(21-17)19(22)13-4-5-14-10-20-12(2)16(14)8-13/h3-9,21H,10H2,1-2H3. The first-order chi connectivity index (χ1) is 10.6. The van der Waals surface area contributed by atoms with Crippen molar-refractivity contribution in [2.45, 2.75) is 20.4 Å². The van der Waals surface area contributed by atoms with Gasteiger partial charge in [0.1, 0.15) is 0 Å². The minimum atomic E-state index is 0.0244. The number of hydrogen-bond acceptors (Lipinski definition) is 2. The lowest BCUT2D eigenvalue weighted by Gasteiger charge is -2.03. The minimum Gasteiger partial charge on any atom is -0.352 e. The molecule has 0 unspecified atom stereocenters. The summed E-state index contributed by atoms with van der Waals surface area (Å²) >= 11 is 0. The van der Waals surface area contributed by atoms with Gasteiger partial charge < -0.3 is 4.98 Å². The molecule has 108 valence electrons. The van der Waals surface area contributed by atoms with Gasteiger partial charge in [-0.05, 0) is 43.7 Å². The lowest BCUT2D eigenvalue weighted by Crippen LogP contribution is -2.04. The van der Waals surface area contributed by atoms with E-state index in [2.05, 4.69) is 23.0 Å². The van der Waals surface area contributed by atoms with Crippen molar-refractivity contribution in [3.05, 3.63) is 70.4 Å². The number of benzene rings is 2. The van der Waals surface area contributed by atoms with E-state index in [0.717, 1.165) is 28.7 Å². The number of nitrogens with one attached hydrogen (secondary N) is 1. The van der Waals surface area contributed by atoms with Crippen molar-refractivity contribution in [2.75, 3.05) is 0 Å². The zero-order valence-corrected chi connectivity index (χ0v) is 12.6. The van der Waals surface area contributed by atoms with E-state index in [1.165, 1.54) is 11.1 Å². The number of aromatic nitrogens is 1. The number of aromatic amines is 1. The average molecular weight is 288 g/mol. The van der Waals surface area contributed by atoms with Gasteiger partial charge in [-0.1, -0.05) is 23.8 Å². The van der Waals surface area contributed by atoms with Crippen LogP contribution in [0.15, 0.2) is 47.5 Å². The van der Waals surface area contributed by atoms with E-state index in [4.69, 9.17) is 0 Å². The monoisotopic (exact) mass is 288 g/mol. The fourth-order valence-electron chi connectivity index (χ4n) is 3.01. The van der Waals surface area contributed by atoms with Crippen molar-refractivity contribution in [1.29, 1.82) is 0 Å². The molecule has 0 saturated heterocycles. The molecule has 3 aromatic rings. The first-order valence-corrected chi connectivity index (χ1v) is 7.40. The maximum atomic E-state index is 12.7. The Morgan fingerprint density at radius 3 is 2.82 bits per heavy atom. The van der Waals surface area contributed by atoms with Gasteiger partial charge in [0.25, 0.3) is 0 Å². The van der Waals surface area contributed by atoms with Crippen LogP contribution in [0.3, 0.4) is 0 Å². The molecule has 0 amide bonds. The molecule has 1 aliphatic rings. The second-order valence-electron chi connectivity index (χ2n) is 5.88. The zero-order chi connectivity index (χ0) is 15.3. The lowest BCUT2D eigenvalue weighted by atomic mass is 10.00. The molecule has 3 nitrogen and oxygen atoms in total. The van der Waals surface area contributed by atoms with Crippen molar-refractivity contribution in [1.82, 2.24) is 4.98 Å². The zero-order valence-electron chi connectivity index (χ0n) is 12.6. The molecule has 0 aliphatic carbocycles. The number of aliphatic imine (C=N–C) groups is 1. The van der Waals surface area contributed by atoms with Crippen LogP contribution in [0.25, 0.3) is 10.9 Å². The first kappa shape index (κ1) is 13.0. The highest BCUT2D eigenvalue weighted by molar-refractivity contribution is 6.12. The van der Waals surface area contributed by atoms with Gasteiger partial charge in [0, 0.05) is 27.7 Å². The lowest BCUT2D eigenvalue weighted by molar-refractivity contribution is 0.103. The number of H-pyrrole nitrogens is 1. The summed E-state index contributed by atoms with van der Waals surface area (Å²) in [4.78, 5) is 20.4. The van der Waals surface area contributed by atoms with Crippen LogP contribution in [0.1, 0.15) is 39.7 Å². The number of rotatable bonds is 2. The highest BCUT2D eigenvalue weighted by atomic mass is 16.1. The summed E-state index contributed by atoms with van der Waals surface area (Å²) in [6.07, 6.45) is 0. The molecule has 1 aromatic heterocycles. The molecule has 1 N–H and O–H groups in total. The molecule has 0 spiro atoms. The quantitative estimate of drug-likeness (QED) is 0.711. The molecule has 22 heavy (non-hydrogen) atoms. The molecular formula is C19H16N2O. The van der Waals surface area contributed by atoms with E-state index in [0.29, 0.717) is 11.3 Å². The van der Waals surface area contributed by atoms with Crippen LogP contribution >= 0.6 is 0 Å². The van der Waals surface area contributed by atoms with Crippen molar-refractivity contribution in [3.63, 3.8) is 0 Å². The fourth-order valence-corrected chi connectivity index (χ4v) is 3.01. The molecule has 0 fully saturated rings. The number of nitrogens with zero attached hydrogens (tertiary/aromatic N) is 1. The summed E-state index contributed by atoms with van der Waals surface area (Å²) in [5, 5.41) is 1.07. The largest absolute Gasteiger partial charge is 0.352 e. The number of carbonyl (C=O) groups is 1. The Labute approximate surface area is 128 Å². The normalized spacial score (nSPS) is 13.3. The van der Waals surface area contributed by atoms with Gasteiger partial charge in [0.05, 0.1) is 12.2 Å². The molecular weight excluding hydrogens is 272 g/mol. The Kier molecular flexibility index (Phi) is 2.76. The summed E-state index contributed by atoms with van der Waals surface area (Å²) in [5.74, 6) is 0.0244. The molecule has 0 bridgehead atoms. The first-order valence-electron chi connectivity index (χ1n) is 7.40. The molecule has 0 saturated carbocycles. The third kappa shape index (κ3) is 1.98. The van der Waals surface area contributed by atoms with Gasteiger partial charge in [0.15, 0.2) is 0 Å². The minimum absolute atomic E-state index is 0.0244. The van der Waals surface area contributed by atoms with E-state index < -0.39 is 0 Å². The predicted molar refractivity (Wildman–Crippen MR) is 88.8 cm³/mol. The third-order valence-electron chi connectivity index (χ3n) is 4.27.